The van der Waals surface area contributed by atoms with Gasteiger partial charge in [-0.2, -0.15) is 0 Å². The minimum Gasteiger partial charge on any atom is -0.317 e. The van der Waals surface area contributed by atoms with Gasteiger partial charge in [-0.3, -0.25) is 0 Å². The minimum atomic E-state index is 0.730. The predicted molar refractivity (Wildman–Crippen MR) is 63.1 cm³/mol. The lowest BCUT2D eigenvalue weighted by atomic mass is 10.5. The summed E-state index contributed by atoms with van der Waals surface area (Å²) in [5, 5.41) is 12.5. The summed E-state index contributed by atoms with van der Waals surface area (Å²) in [5.41, 5.74) is 0. The molecule has 2 aromatic rings. The third kappa shape index (κ3) is 2.45. The summed E-state index contributed by atoms with van der Waals surface area (Å²) in [6.45, 7) is 5.52. The van der Waals surface area contributed by atoms with E-state index in [-0.39, 0.29) is 0 Å². The molecule has 6 heteroatoms. The largest absolute Gasteiger partial charge is 0.317 e. The normalized spacial score (nSPS) is 10.9. The molecule has 0 aromatic carbocycles. The average Bonchev–Trinajstić information content (AvgIpc) is 2.79. The molecule has 0 radical (unpaired) electrons. The molecule has 0 saturated heterocycles. The second-order valence-corrected chi connectivity index (χ2v) is 4.99. The summed E-state index contributed by atoms with van der Waals surface area (Å²) in [7, 11) is 1.98. The number of aryl methyl sites for hydroxylation is 2. The van der Waals surface area contributed by atoms with Gasteiger partial charge in [0.1, 0.15) is 11.6 Å². The molecule has 16 heavy (non-hydrogen) atoms. The van der Waals surface area contributed by atoms with E-state index in [1.165, 1.54) is 4.88 Å². The van der Waals surface area contributed by atoms with Gasteiger partial charge in [-0.05, 0) is 13.8 Å². The Morgan fingerprint density at radius 1 is 1.31 bits per heavy atom. The first-order chi connectivity index (χ1) is 7.66. The summed E-state index contributed by atoms with van der Waals surface area (Å²) in [4.78, 5) is 5.46. The fourth-order valence-electron chi connectivity index (χ4n) is 1.39. The Morgan fingerprint density at radius 2 is 2.12 bits per heavy atom. The smallest absolute Gasteiger partial charge is 0.146 e. The van der Waals surface area contributed by atoms with Crippen LogP contribution in [0.4, 0.5) is 0 Å². The van der Waals surface area contributed by atoms with Crippen LogP contribution in [-0.2, 0) is 20.1 Å². The van der Waals surface area contributed by atoms with E-state index in [0.717, 1.165) is 29.7 Å². The average molecular weight is 237 g/mol. The first-order valence-electron chi connectivity index (χ1n) is 5.13. The van der Waals surface area contributed by atoms with Crippen molar-refractivity contribution in [3.63, 3.8) is 0 Å². The Labute approximate surface area is 98.5 Å². The summed E-state index contributed by atoms with van der Waals surface area (Å²) in [5.74, 6) is 1.89. The van der Waals surface area contributed by atoms with E-state index in [2.05, 4.69) is 20.5 Å². The number of hydrogen-bond acceptors (Lipinski definition) is 5. The highest BCUT2D eigenvalue weighted by atomic mass is 32.1. The number of hydrogen-bond donors (Lipinski definition) is 1. The standard InChI is InChI=1S/C10H15N5S/c1-7-13-14-10(15(7)3)6-11-4-9-5-12-8(2)16-9/h5,11H,4,6H2,1-3H3. The molecule has 0 bridgehead atoms. The van der Waals surface area contributed by atoms with Gasteiger partial charge in [-0.25, -0.2) is 4.98 Å². The molecule has 1 N–H and O–H groups in total. The van der Waals surface area contributed by atoms with Crippen molar-refractivity contribution in [2.45, 2.75) is 26.9 Å². The fraction of sp³-hybridized carbons (Fsp3) is 0.500. The lowest BCUT2D eigenvalue weighted by molar-refractivity contribution is 0.638. The van der Waals surface area contributed by atoms with Gasteiger partial charge in [-0.1, -0.05) is 0 Å². The molecule has 0 amide bonds. The van der Waals surface area contributed by atoms with Gasteiger partial charge >= 0.3 is 0 Å². The molecule has 0 aliphatic rings. The maximum Gasteiger partial charge on any atom is 0.146 e. The first kappa shape index (κ1) is 11.2. The second kappa shape index (κ2) is 4.71. The zero-order valence-corrected chi connectivity index (χ0v) is 10.5. The van der Waals surface area contributed by atoms with Crippen LogP contribution in [0.25, 0.3) is 0 Å². The highest BCUT2D eigenvalue weighted by molar-refractivity contribution is 7.11. The number of nitrogens with one attached hydrogen (secondary N) is 1. The van der Waals surface area contributed by atoms with Crippen LogP contribution in [0.15, 0.2) is 6.20 Å². The summed E-state index contributed by atoms with van der Waals surface area (Å²) in [6, 6.07) is 0. The molecule has 2 heterocycles. The molecule has 0 spiro atoms. The molecule has 0 aliphatic carbocycles. The van der Waals surface area contributed by atoms with E-state index >= 15 is 0 Å². The molecule has 2 aromatic heterocycles. The topological polar surface area (TPSA) is 55.6 Å². The van der Waals surface area contributed by atoms with E-state index in [1.807, 2.05) is 31.7 Å². The summed E-state index contributed by atoms with van der Waals surface area (Å²) in [6.07, 6.45) is 1.91. The number of nitrogens with zero attached hydrogens (tertiary/aromatic N) is 4. The zero-order chi connectivity index (χ0) is 11.5. The number of thiazole rings is 1. The van der Waals surface area contributed by atoms with Gasteiger partial charge < -0.3 is 9.88 Å². The summed E-state index contributed by atoms with van der Waals surface area (Å²) >= 11 is 1.72. The SMILES string of the molecule is Cc1ncc(CNCc2nnc(C)n2C)s1. The Balaban J connectivity index is 1.86. The Bertz CT molecular complexity index is 473. The van der Waals surface area contributed by atoms with Gasteiger partial charge in [-0.15, -0.1) is 21.5 Å². The van der Waals surface area contributed by atoms with Crippen molar-refractivity contribution in [2.75, 3.05) is 0 Å². The Hall–Kier alpha value is -1.27. The molecule has 0 saturated carbocycles. The Kier molecular flexibility index (Phi) is 3.31. The van der Waals surface area contributed by atoms with E-state index in [1.54, 1.807) is 11.3 Å². The van der Waals surface area contributed by atoms with Crippen molar-refractivity contribution >= 4 is 11.3 Å². The maximum absolute atomic E-state index is 4.21. The van der Waals surface area contributed by atoms with Crippen molar-refractivity contribution in [1.82, 2.24) is 25.1 Å². The molecule has 0 atom stereocenters. The van der Waals surface area contributed by atoms with Crippen LogP contribution >= 0.6 is 11.3 Å². The van der Waals surface area contributed by atoms with Crippen molar-refractivity contribution in [1.29, 1.82) is 0 Å². The van der Waals surface area contributed by atoms with Crippen LogP contribution in [0.5, 0.6) is 0 Å². The van der Waals surface area contributed by atoms with E-state index in [4.69, 9.17) is 0 Å². The van der Waals surface area contributed by atoms with Crippen LogP contribution in [0, 0.1) is 13.8 Å². The third-order valence-corrected chi connectivity index (χ3v) is 3.35. The second-order valence-electron chi connectivity index (χ2n) is 3.67. The van der Waals surface area contributed by atoms with Crippen molar-refractivity contribution in [3.05, 3.63) is 27.7 Å². The zero-order valence-electron chi connectivity index (χ0n) is 9.69. The van der Waals surface area contributed by atoms with Crippen molar-refractivity contribution in [2.24, 2.45) is 7.05 Å². The van der Waals surface area contributed by atoms with Crippen LogP contribution in [0.1, 0.15) is 21.5 Å². The monoisotopic (exact) mass is 237 g/mol. The van der Waals surface area contributed by atoms with Gasteiger partial charge in [0.05, 0.1) is 11.6 Å². The lowest BCUT2D eigenvalue weighted by Crippen LogP contribution is -2.15. The van der Waals surface area contributed by atoms with E-state index in [0.29, 0.717) is 0 Å². The highest BCUT2D eigenvalue weighted by Gasteiger charge is 2.04. The summed E-state index contributed by atoms with van der Waals surface area (Å²) < 4.78 is 1.99. The Morgan fingerprint density at radius 3 is 2.69 bits per heavy atom. The molecule has 0 fully saturated rings. The first-order valence-corrected chi connectivity index (χ1v) is 5.95. The van der Waals surface area contributed by atoms with Crippen LogP contribution in [0.2, 0.25) is 0 Å². The van der Waals surface area contributed by atoms with Crippen LogP contribution < -0.4 is 5.32 Å². The fourth-order valence-corrected chi connectivity index (χ4v) is 2.15. The van der Waals surface area contributed by atoms with Gasteiger partial charge in [0.15, 0.2) is 0 Å². The third-order valence-electron chi connectivity index (χ3n) is 2.43. The van der Waals surface area contributed by atoms with Gasteiger partial charge in [0, 0.05) is 24.7 Å². The van der Waals surface area contributed by atoms with Crippen molar-refractivity contribution < 1.29 is 0 Å². The predicted octanol–water partition coefficient (Wildman–Crippen LogP) is 1.18. The van der Waals surface area contributed by atoms with Gasteiger partial charge in [0.25, 0.3) is 0 Å². The molecular weight excluding hydrogens is 222 g/mol. The highest BCUT2D eigenvalue weighted by Crippen LogP contribution is 2.10. The molecule has 2 rings (SSSR count). The molecular formula is C10H15N5S. The minimum absolute atomic E-state index is 0.730. The number of aromatic nitrogens is 4. The van der Waals surface area contributed by atoms with E-state index < -0.39 is 0 Å². The van der Waals surface area contributed by atoms with Gasteiger partial charge in [0.2, 0.25) is 0 Å². The molecule has 0 aliphatic heterocycles. The quantitative estimate of drug-likeness (QED) is 0.867. The molecule has 5 nitrogen and oxygen atoms in total. The number of rotatable bonds is 4. The van der Waals surface area contributed by atoms with Crippen molar-refractivity contribution in [3.8, 4) is 0 Å². The van der Waals surface area contributed by atoms with Crippen LogP contribution in [-0.4, -0.2) is 19.7 Å². The maximum atomic E-state index is 4.21. The molecule has 86 valence electrons. The van der Waals surface area contributed by atoms with E-state index in [9.17, 15) is 0 Å². The van der Waals surface area contributed by atoms with Crippen LogP contribution in [0.3, 0.4) is 0 Å². The lowest BCUT2D eigenvalue weighted by Gasteiger charge is -2.02. The molecule has 0 unspecified atom stereocenters.